The summed E-state index contributed by atoms with van der Waals surface area (Å²) in [5, 5.41) is 16.0. The molecule has 0 aliphatic carbocycles. The van der Waals surface area contributed by atoms with Gasteiger partial charge in [-0.25, -0.2) is 0 Å². The summed E-state index contributed by atoms with van der Waals surface area (Å²) in [4.78, 5) is 13.1. The van der Waals surface area contributed by atoms with Gasteiger partial charge in [-0.15, -0.1) is 15.3 Å². The summed E-state index contributed by atoms with van der Waals surface area (Å²) in [7, 11) is 0. The highest BCUT2D eigenvalue weighted by molar-refractivity contribution is 8.01. The van der Waals surface area contributed by atoms with Crippen molar-refractivity contribution in [3.05, 3.63) is 71.0 Å². The fourth-order valence-electron chi connectivity index (χ4n) is 3.18. The van der Waals surface area contributed by atoms with E-state index in [0.717, 1.165) is 26.7 Å². The van der Waals surface area contributed by atoms with Gasteiger partial charge < -0.3 is 11.1 Å². The van der Waals surface area contributed by atoms with Crippen LogP contribution in [0.4, 0.5) is 5.69 Å². The van der Waals surface area contributed by atoms with Gasteiger partial charge in [-0.3, -0.25) is 4.79 Å². The molecule has 1 atom stereocenters. The smallest absolute Gasteiger partial charge is 0.235 e. The van der Waals surface area contributed by atoms with Crippen LogP contribution in [0.2, 0.25) is 0 Å². The van der Waals surface area contributed by atoms with Crippen LogP contribution in [-0.2, 0) is 11.2 Å². The third kappa shape index (κ3) is 4.53. The number of aromatic nitrogens is 4. The van der Waals surface area contributed by atoms with Gasteiger partial charge in [-0.05, 0) is 37.0 Å². The van der Waals surface area contributed by atoms with Gasteiger partial charge in [0.05, 0.1) is 11.8 Å². The van der Waals surface area contributed by atoms with Gasteiger partial charge in [0, 0.05) is 5.69 Å². The number of hydrogen-bond donors (Lipinski definition) is 2. The van der Waals surface area contributed by atoms with Gasteiger partial charge in [0.2, 0.25) is 10.9 Å². The molecule has 0 radical (unpaired) electrons. The maximum Gasteiger partial charge on any atom is 0.235 e. The molecular weight excluding hydrogens is 416 g/mol. The number of nitrogens with two attached hydrogens (primary N) is 1. The molecule has 0 saturated carbocycles. The Morgan fingerprint density at radius 1 is 1.13 bits per heavy atom. The molecule has 0 bridgehead atoms. The van der Waals surface area contributed by atoms with E-state index in [-0.39, 0.29) is 17.7 Å². The number of anilines is 1. The second-order valence-corrected chi connectivity index (χ2v) is 9.20. The van der Waals surface area contributed by atoms with Gasteiger partial charge in [0.1, 0.15) is 0 Å². The number of rotatable bonds is 7. The van der Waals surface area contributed by atoms with E-state index >= 15 is 0 Å². The molecule has 9 heteroatoms. The number of carbonyl (C=O) groups is 1. The van der Waals surface area contributed by atoms with Crippen molar-refractivity contribution in [2.24, 2.45) is 5.73 Å². The third-order valence-corrected chi connectivity index (χ3v) is 6.73. The minimum atomic E-state index is -0.310. The summed E-state index contributed by atoms with van der Waals surface area (Å²) in [5.41, 5.74) is 10.4. The molecule has 0 fully saturated rings. The first-order valence-electron chi connectivity index (χ1n) is 9.52. The fourth-order valence-corrected chi connectivity index (χ4v) is 4.86. The SMILES string of the molecule is Cc1cccc(C)c1NC(=O)CSc1nn2c(C(N)Cc3ccccc3)nnc2s1. The van der Waals surface area contributed by atoms with Crippen LogP contribution in [-0.4, -0.2) is 31.5 Å². The largest absolute Gasteiger partial charge is 0.325 e. The summed E-state index contributed by atoms with van der Waals surface area (Å²) in [5.74, 6) is 0.824. The number of nitrogens with one attached hydrogen (secondary N) is 1. The van der Waals surface area contributed by atoms with E-state index < -0.39 is 0 Å². The zero-order valence-corrected chi connectivity index (χ0v) is 18.3. The van der Waals surface area contributed by atoms with Gasteiger partial charge in [0.15, 0.2) is 10.2 Å². The molecule has 7 nitrogen and oxygen atoms in total. The molecule has 30 heavy (non-hydrogen) atoms. The van der Waals surface area contributed by atoms with E-state index in [4.69, 9.17) is 5.73 Å². The molecule has 0 saturated heterocycles. The Balaban J connectivity index is 1.41. The maximum absolute atomic E-state index is 12.4. The number of carbonyl (C=O) groups excluding carboxylic acids is 1. The maximum atomic E-state index is 12.4. The Morgan fingerprint density at radius 2 is 1.87 bits per heavy atom. The second-order valence-electron chi connectivity index (χ2n) is 7.02. The number of fused-ring (bicyclic) bond motifs is 1. The average molecular weight is 439 g/mol. The van der Waals surface area contributed by atoms with Crippen LogP contribution >= 0.6 is 23.1 Å². The van der Waals surface area contributed by atoms with Crippen molar-refractivity contribution in [3.63, 3.8) is 0 Å². The van der Waals surface area contributed by atoms with Crippen molar-refractivity contribution in [2.75, 3.05) is 11.1 Å². The van der Waals surface area contributed by atoms with Crippen LogP contribution in [0.15, 0.2) is 52.9 Å². The number of amides is 1. The molecule has 2 aromatic heterocycles. The van der Waals surface area contributed by atoms with E-state index in [9.17, 15) is 4.79 Å². The molecule has 2 heterocycles. The normalized spacial score (nSPS) is 12.2. The van der Waals surface area contributed by atoms with E-state index in [0.29, 0.717) is 17.2 Å². The van der Waals surface area contributed by atoms with Crippen molar-refractivity contribution in [3.8, 4) is 0 Å². The lowest BCUT2D eigenvalue weighted by atomic mass is 10.1. The Bertz CT molecular complexity index is 1150. The topological polar surface area (TPSA) is 98.2 Å². The quantitative estimate of drug-likeness (QED) is 0.426. The van der Waals surface area contributed by atoms with Gasteiger partial charge in [0.25, 0.3) is 0 Å². The van der Waals surface area contributed by atoms with E-state index in [2.05, 4.69) is 20.6 Å². The predicted molar refractivity (Wildman–Crippen MR) is 121 cm³/mol. The first kappa shape index (κ1) is 20.5. The summed E-state index contributed by atoms with van der Waals surface area (Å²) in [6.45, 7) is 3.97. The Labute approximate surface area is 182 Å². The van der Waals surface area contributed by atoms with E-state index in [1.165, 1.54) is 23.1 Å². The number of aryl methyl sites for hydroxylation is 2. The van der Waals surface area contributed by atoms with Crippen LogP contribution in [0.3, 0.4) is 0 Å². The lowest BCUT2D eigenvalue weighted by molar-refractivity contribution is -0.113. The number of hydrogen-bond acceptors (Lipinski definition) is 7. The molecule has 0 spiro atoms. The molecular formula is C21H22N6OS2. The molecule has 3 N–H and O–H groups in total. The first-order valence-corrected chi connectivity index (χ1v) is 11.3. The molecule has 0 aliphatic rings. The Morgan fingerprint density at radius 3 is 2.60 bits per heavy atom. The minimum absolute atomic E-state index is 0.0654. The van der Waals surface area contributed by atoms with Gasteiger partial charge in [-0.2, -0.15) is 4.52 Å². The Kier molecular flexibility index (Phi) is 6.12. The van der Waals surface area contributed by atoms with Gasteiger partial charge in [-0.1, -0.05) is 71.6 Å². The predicted octanol–water partition coefficient (Wildman–Crippen LogP) is 3.78. The average Bonchev–Trinajstić information content (AvgIpc) is 3.30. The van der Waals surface area contributed by atoms with E-state index in [1.807, 2.05) is 62.4 Å². The van der Waals surface area contributed by atoms with Crippen molar-refractivity contribution >= 4 is 39.7 Å². The van der Waals surface area contributed by atoms with Crippen LogP contribution < -0.4 is 11.1 Å². The Hall–Kier alpha value is -2.75. The third-order valence-electron chi connectivity index (χ3n) is 4.70. The number of nitrogens with zero attached hydrogens (tertiary/aromatic N) is 4. The monoisotopic (exact) mass is 438 g/mol. The number of thioether (sulfide) groups is 1. The van der Waals surface area contributed by atoms with Gasteiger partial charge >= 0.3 is 0 Å². The number of para-hydroxylation sites is 1. The molecule has 4 rings (SSSR count). The molecule has 2 aromatic carbocycles. The summed E-state index contributed by atoms with van der Waals surface area (Å²) < 4.78 is 2.44. The summed E-state index contributed by atoms with van der Waals surface area (Å²) >= 11 is 2.78. The molecule has 1 unspecified atom stereocenters. The van der Waals surface area contributed by atoms with Crippen LogP contribution in [0.1, 0.15) is 28.6 Å². The fraction of sp³-hybridized carbons (Fsp3) is 0.238. The lowest BCUT2D eigenvalue weighted by Gasteiger charge is -2.10. The highest BCUT2D eigenvalue weighted by atomic mass is 32.2. The highest BCUT2D eigenvalue weighted by Crippen LogP contribution is 2.27. The van der Waals surface area contributed by atoms with Crippen molar-refractivity contribution in [2.45, 2.75) is 30.6 Å². The van der Waals surface area contributed by atoms with Crippen LogP contribution in [0, 0.1) is 13.8 Å². The zero-order valence-electron chi connectivity index (χ0n) is 16.7. The molecule has 1 amide bonds. The minimum Gasteiger partial charge on any atom is -0.325 e. The lowest BCUT2D eigenvalue weighted by Crippen LogP contribution is -2.17. The standard InChI is InChI=1S/C21H22N6OS2/c1-13-7-6-8-14(2)18(13)23-17(28)12-29-21-26-27-19(24-25-20(27)30-21)16(22)11-15-9-4-3-5-10-15/h3-10,16H,11-12,22H2,1-2H3,(H,23,28). The van der Waals surface area contributed by atoms with Crippen LogP contribution in [0.25, 0.3) is 4.96 Å². The first-order chi connectivity index (χ1) is 14.5. The van der Waals surface area contributed by atoms with Crippen molar-refractivity contribution in [1.29, 1.82) is 0 Å². The zero-order chi connectivity index (χ0) is 21.1. The molecule has 0 aliphatic heterocycles. The molecule has 4 aromatic rings. The summed E-state index contributed by atoms with van der Waals surface area (Å²) in [6.07, 6.45) is 0.653. The second kappa shape index (κ2) is 8.95. The highest BCUT2D eigenvalue weighted by Gasteiger charge is 2.19. The van der Waals surface area contributed by atoms with Crippen LogP contribution in [0.5, 0.6) is 0 Å². The number of benzene rings is 2. The van der Waals surface area contributed by atoms with E-state index in [1.54, 1.807) is 4.52 Å². The summed E-state index contributed by atoms with van der Waals surface area (Å²) in [6, 6.07) is 15.7. The van der Waals surface area contributed by atoms with Crippen molar-refractivity contribution in [1.82, 2.24) is 19.8 Å². The van der Waals surface area contributed by atoms with Crippen molar-refractivity contribution < 1.29 is 4.79 Å². The molecule has 154 valence electrons.